The molecule has 2 nitrogen and oxygen atoms in total. The van der Waals surface area contributed by atoms with Gasteiger partial charge in [-0.25, -0.2) is 0 Å². The van der Waals surface area contributed by atoms with Crippen molar-refractivity contribution in [2.75, 3.05) is 7.05 Å². The van der Waals surface area contributed by atoms with E-state index in [1.807, 2.05) is 19.4 Å². The summed E-state index contributed by atoms with van der Waals surface area (Å²) in [7, 11) is 2.01. The van der Waals surface area contributed by atoms with Gasteiger partial charge in [-0.1, -0.05) is 42.5 Å². The second kappa shape index (κ2) is 5.43. The van der Waals surface area contributed by atoms with Gasteiger partial charge in [0.2, 0.25) is 0 Å². The molecule has 2 heteroatoms. The van der Waals surface area contributed by atoms with Crippen LogP contribution in [0.4, 0.5) is 0 Å². The largest absolute Gasteiger partial charge is 0.309 e. The van der Waals surface area contributed by atoms with Crippen molar-refractivity contribution >= 4 is 10.8 Å². The molecule has 1 N–H and O–H groups in total. The van der Waals surface area contributed by atoms with Gasteiger partial charge < -0.3 is 5.32 Å². The summed E-state index contributed by atoms with van der Waals surface area (Å²) in [5.74, 6) is 0. The Morgan fingerprint density at radius 1 is 0.950 bits per heavy atom. The van der Waals surface area contributed by atoms with Crippen LogP contribution < -0.4 is 5.32 Å². The summed E-state index contributed by atoms with van der Waals surface area (Å²) >= 11 is 0. The highest BCUT2D eigenvalue weighted by Gasteiger charge is 2.16. The summed E-state index contributed by atoms with van der Waals surface area (Å²) in [6.45, 7) is 2.11. The molecule has 2 aromatic carbocycles. The van der Waals surface area contributed by atoms with Crippen LogP contribution in [0.3, 0.4) is 0 Å². The van der Waals surface area contributed by atoms with E-state index in [0.29, 0.717) is 0 Å². The number of nitrogens with one attached hydrogen (secondary N) is 1. The summed E-state index contributed by atoms with van der Waals surface area (Å²) < 4.78 is 0. The van der Waals surface area contributed by atoms with Gasteiger partial charge in [0.15, 0.2) is 0 Å². The highest BCUT2D eigenvalue weighted by Crippen LogP contribution is 2.29. The number of aryl methyl sites for hydroxylation is 1. The van der Waals surface area contributed by atoms with E-state index < -0.39 is 0 Å². The Hall–Kier alpha value is -2.19. The van der Waals surface area contributed by atoms with Crippen LogP contribution in [0.5, 0.6) is 0 Å². The minimum absolute atomic E-state index is 0.184. The Morgan fingerprint density at radius 2 is 1.75 bits per heavy atom. The van der Waals surface area contributed by atoms with Crippen molar-refractivity contribution in [2.45, 2.75) is 13.0 Å². The number of nitrogens with zero attached hydrogens (tertiary/aromatic N) is 1. The third-order valence-electron chi connectivity index (χ3n) is 3.80. The third kappa shape index (κ3) is 2.19. The summed E-state index contributed by atoms with van der Waals surface area (Å²) in [5, 5.41) is 6.01. The lowest BCUT2D eigenvalue weighted by Gasteiger charge is -2.21. The van der Waals surface area contributed by atoms with E-state index in [2.05, 4.69) is 65.8 Å². The van der Waals surface area contributed by atoms with Gasteiger partial charge in [0.05, 0.1) is 6.04 Å². The maximum absolute atomic E-state index is 4.19. The number of fused-ring (bicyclic) bond motifs is 1. The zero-order valence-electron chi connectivity index (χ0n) is 11.8. The van der Waals surface area contributed by atoms with E-state index >= 15 is 0 Å². The van der Waals surface area contributed by atoms with Gasteiger partial charge in [0, 0.05) is 12.4 Å². The van der Waals surface area contributed by atoms with Crippen LogP contribution in [-0.4, -0.2) is 12.0 Å². The molecule has 100 valence electrons. The van der Waals surface area contributed by atoms with Gasteiger partial charge in [0.1, 0.15) is 0 Å². The van der Waals surface area contributed by atoms with Crippen LogP contribution in [0.1, 0.15) is 22.7 Å². The molecule has 1 heterocycles. The molecule has 1 aromatic heterocycles. The van der Waals surface area contributed by atoms with Gasteiger partial charge in [-0.15, -0.1) is 0 Å². The first-order valence-corrected chi connectivity index (χ1v) is 6.86. The molecule has 0 fully saturated rings. The van der Waals surface area contributed by atoms with Crippen LogP contribution in [-0.2, 0) is 0 Å². The molecule has 1 unspecified atom stereocenters. The molecule has 3 aromatic rings. The lowest BCUT2D eigenvalue weighted by molar-refractivity contribution is 0.691. The normalized spacial score (nSPS) is 12.5. The molecule has 0 bridgehead atoms. The van der Waals surface area contributed by atoms with Crippen LogP contribution in [0.25, 0.3) is 10.8 Å². The Balaban J connectivity index is 2.20. The van der Waals surface area contributed by atoms with Crippen molar-refractivity contribution in [1.29, 1.82) is 0 Å². The van der Waals surface area contributed by atoms with E-state index in [1.54, 1.807) is 0 Å². The van der Waals surface area contributed by atoms with Gasteiger partial charge >= 0.3 is 0 Å². The number of aromatic nitrogens is 1. The minimum atomic E-state index is 0.184. The first kappa shape index (κ1) is 12.8. The summed E-state index contributed by atoms with van der Waals surface area (Å²) in [6, 6.07) is 17.3. The average Bonchev–Trinajstić information content (AvgIpc) is 2.50. The lowest BCUT2D eigenvalue weighted by Crippen LogP contribution is -2.19. The quantitative estimate of drug-likeness (QED) is 0.775. The molecule has 0 radical (unpaired) electrons. The number of hydrogen-bond acceptors (Lipinski definition) is 2. The number of rotatable bonds is 3. The number of benzene rings is 2. The van der Waals surface area contributed by atoms with E-state index in [9.17, 15) is 0 Å². The Bertz CT molecular complexity index is 729. The fraction of sp³-hybridized carbons (Fsp3) is 0.167. The predicted molar refractivity (Wildman–Crippen MR) is 83.8 cm³/mol. The van der Waals surface area contributed by atoms with Gasteiger partial charge in [0.25, 0.3) is 0 Å². The van der Waals surface area contributed by atoms with E-state index in [1.165, 1.54) is 27.5 Å². The van der Waals surface area contributed by atoms with Crippen LogP contribution in [0.15, 0.2) is 60.9 Å². The van der Waals surface area contributed by atoms with Crippen LogP contribution >= 0.6 is 0 Å². The number of hydrogen-bond donors (Lipinski definition) is 1. The summed E-state index contributed by atoms with van der Waals surface area (Å²) in [6.07, 6.45) is 3.78. The molecule has 1 atom stereocenters. The van der Waals surface area contributed by atoms with Gasteiger partial charge in [-0.05, 0) is 47.5 Å². The second-order valence-corrected chi connectivity index (χ2v) is 5.02. The molecule has 0 saturated carbocycles. The van der Waals surface area contributed by atoms with Crippen LogP contribution in [0, 0.1) is 6.92 Å². The summed E-state index contributed by atoms with van der Waals surface area (Å²) in [4.78, 5) is 4.19. The van der Waals surface area contributed by atoms with Gasteiger partial charge in [-0.3, -0.25) is 4.98 Å². The highest BCUT2D eigenvalue weighted by molar-refractivity contribution is 5.86. The fourth-order valence-electron chi connectivity index (χ4n) is 2.79. The third-order valence-corrected chi connectivity index (χ3v) is 3.80. The smallest absolute Gasteiger partial charge is 0.0584 e. The predicted octanol–water partition coefficient (Wildman–Crippen LogP) is 3.85. The maximum atomic E-state index is 4.19. The fourth-order valence-corrected chi connectivity index (χ4v) is 2.79. The Kier molecular flexibility index (Phi) is 3.48. The Morgan fingerprint density at radius 3 is 2.55 bits per heavy atom. The monoisotopic (exact) mass is 262 g/mol. The molecule has 0 aliphatic carbocycles. The molecule has 0 amide bonds. The SMILES string of the molecule is CNC(c1ccncc1C)c1cccc2ccccc12. The van der Waals surface area contributed by atoms with E-state index in [0.717, 1.165) is 0 Å². The standard InChI is InChI=1S/C18H18N2/c1-13-12-20-11-10-15(13)18(19-2)17-9-5-7-14-6-3-4-8-16(14)17/h3-12,18-19H,1-2H3. The first-order chi connectivity index (χ1) is 9.81. The molecular formula is C18H18N2. The maximum Gasteiger partial charge on any atom is 0.0584 e. The molecular weight excluding hydrogens is 244 g/mol. The van der Waals surface area contributed by atoms with E-state index in [-0.39, 0.29) is 6.04 Å². The zero-order valence-corrected chi connectivity index (χ0v) is 11.8. The molecule has 0 spiro atoms. The van der Waals surface area contributed by atoms with Crippen molar-refractivity contribution < 1.29 is 0 Å². The topological polar surface area (TPSA) is 24.9 Å². The zero-order chi connectivity index (χ0) is 13.9. The van der Waals surface area contributed by atoms with Gasteiger partial charge in [-0.2, -0.15) is 0 Å². The molecule has 3 rings (SSSR count). The first-order valence-electron chi connectivity index (χ1n) is 6.86. The van der Waals surface area contributed by atoms with Crippen molar-refractivity contribution in [3.8, 4) is 0 Å². The Labute approximate surface area is 119 Å². The molecule has 20 heavy (non-hydrogen) atoms. The van der Waals surface area contributed by atoms with Crippen molar-refractivity contribution in [2.24, 2.45) is 0 Å². The molecule has 0 saturated heterocycles. The number of pyridine rings is 1. The summed E-state index contributed by atoms with van der Waals surface area (Å²) in [5.41, 5.74) is 3.79. The highest BCUT2D eigenvalue weighted by atomic mass is 14.9. The lowest BCUT2D eigenvalue weighted by atomic mass is 9.92. The minimum Gasteiger partial charge on any atom is -0.309 e. The van der Waals surface area contributed by atoms with Crippen molar-refractivity contribution in [3.05, 3.63) is 77.6 Å². The van der Waals surface area contributed by atoms with Crippen molar-refractivity contribution in [3.63, 3.8) is 0 Å². The second-order valence-electron chi connectivity index (χ2n) is 5.02. The van der Waals surface area contributed by atoms with Crippen molar-refractivity contribution in [1.82, 2.24) is 10.3 Å². The molecule has 0 aliphatic heterocycles. The molecule has 0 aliphatic rings. The van der Waals surface area contributed by atoms with Crippen LogP contribution in [0.2, 0.25) is 0 Å². The average molecular weight is 262 g/mol. The van der Waals surface area contributed by atoms with E-state index in [4.69, 9.17) is 0 Å².